The van der Waals surface area contributed by atoms with Crippen LogP contribution in [0.4, 0.5) is 0 Å². The van der Waals surface area contributed by atoms with Crippen LogP contribution in [0.15, 0.2) is 24.3 Å². The van der Waals surface area contributed by atoms with Crippen molar-refractivity contribution >= 4 is 27.3 Å². The Balaban J connectivity index is 1.60. The number of nitrogens with zero attached hydrogens (tertiary/aromatic N) is 3. The van der Waals surface area contributed by atoms with Gasteiger partial charge in [-0.05, 0) is 71.5 Å². The smallest absolute Gasteiger partial charge is 0.261 e. The van der Waals surface area contributed by atoms with Crippen LogP contribution < -0.4 is 5.32 Å². The van der Waals surface area contributed by atoms with E-state index in [1.165, 1.54) is 26.9 Å². The van der Waals surface area contributed by atoms with Gasteiger partial charge in [-0.2, -0.15) is 5.10 Å². The van der Waals surface area contributed by atoms with Crippen molar-refractivity contribution in [1.29, 1.82) is 0 Å². The molecule has 3 aromatic rings. The summed E-state index contributed by atoms with van der Waals surface area (Å²) >= 11 is 1.63. The topological polar surface area (TPSA) is 50.2 Å². The van der Waals surface area contributed by atoms with Gasteiger partial charge in [-0.1, -0.05) is 18.2 Å². The quantitative estimate of drug-likeness (QED) is 0.559. The van der Waals surface area contributed by atoms with Gasteiger partial charge in [0.15, 0.2) is 0 Å². The van der Waals surface area contributed by atoms with Gasteiger partial charge in [0, 0.05) is 47.0 Å². The number of hydrogen-bond acceptors (Lipinski definition) is 4. The Morgan fingerprint density at radius 2 is 1.97 bits per heavy atom. The van der Waals surface area contributed by atoms with E-state index < -0.39 is 0 Å². The van der Waals surface area contributed by atoms with E-state index in [1.54, 1.807) is 11.3 Å². The van der Waals surface area contributed by atoms with E-state index >= 15 is 0 Å². The van der Waals surface area contributed by atoms with Crippen LogP contribution in [0.2, 0.25) is 0 Å². The van der Waals surface area contributed by atoms with Gasteiger partial charge in [0.25, 0.3) is 5.91 Å². The van der Waals surface area contributed by atoms with Crippen LogP contribution in [0.3, 0.4) is 0 Å². The third-order valence-electron chi connectivity index (χ3n) is 6.29. The Bertz CT molecular complexity index is 1090. The van der Waals surface area contributed by atoms with Crippen molar-refractivity contribution in [1.82, 2.24) is 20.0 Å². The standard InChI is InChI=1S/C25H34N4OS/c1-15(2)26-25(30)24-23(20-9-7-8-10-22(20)31-24)19-11-12-28(13-19)14-21-17(5)27-29(16(3)4)18(21)6/h7-10,15-16,19H,11-14H2,1-6H3,(H,26,30)/t19-/m0/s1. The maximum Gasteiger partial charge on any atom is 0.261 e. The van der Waals surface area contributed by atoms with Gasteiger partial charge in [0.2, 0.25) is 0 Å². The molecule has 166 valence electrons. The lowest BCUT2D eigenvalue weighted by Crippen LogP contribution is -2.30. The third-order valence-corrected chi connectivity index (χ3v) is 7.47. The molecular formula is C25H34N4OS. The molecule has 1 aliphatic heterocycles. The maximum atomic E-state index is 13.0. The van der Waals surface area contributed by atoms with E-state index in [1.807, 2.05) is 13.8 Å². The minimum Gasteiger partial charge on any atom is -0.349 e. The lowest BCUT2D eigenvalue weighted by atomic mass is 9.95. The molecule has 0 spiro atoms. The van der Waals surface area contributed by atoms with Crippen LogP contribution in [-0.2, 0) is 6.54 Å². The summed E-state index contributed by atoms with van der Waals surface area (Å²) in [6.07, 6.45) is 1.08. The third kappa shape index (κ3) is 4.28. The van der Waals surface area contributed by atoms with Gasteiger partial charge in [-0.3, -0.25) is 14.4 Å². The molecule has 1 N–H and O–H groups in total. The first-order chi connectivity index (χ1) is 14.8. The molecule has 5 nitrogen and oxygen atoms in total. The number of hydrogen-bond donors (Lipinski definition) is 1. The van der Waals surface area contributed by atoms with Crippen LogP contribution in [0.25, 0.3) is 10.1 Å². The molecule has 31 heavy (non-hydrogen) atoms. The Labute approximate surface area is 189 Å². The van der Waals surface area contributed by atoms with Crippen LogP contribution >= 0.6 is 11.3 Å². The minimum atomic E-state index is 0.0644. The minimum absolute atomic E-state index is 0.0644. The predicted octanol–water partition coefficient (Wildman–Crippen LogP) is 5.42. The highest BCUT2D eigenvalue weighted by Gasteiger charge is 2.31. The second-order valence-electron chi connectivity index (χ2n) is 9.38. The number of carbonyl (C=O) groups is 1. The normalized spacial score (nSPS) is 17.4. The van der Waals surface area contributed by atoms with Crippen LogP contribution in [0.1, 0.15) is 78.3 Å². The summed E-state index contributed by atoms with van der Waals surface area (Å²) in [5.74, 6) is 0.444. The fourth-order valence-electron chi connectivity index (χ4n) is 4.83. The predicted molar refractivity (Wildman–Crippen MR) is 129 cm³/mol. The SMILES string of the molecule is Cc1nn(C(C)C)c(C)c1CN1CC[C@H](c2c(C(=O)NC(C)C)sc3ccccc23)C1. The van der Waals surface area contributed by atoms with Crippen molar-refractivity contribution in [2.24, 2.45) is 0 Å². The molecular weight excluding hydrogens is 404 g/mol. The number of nitrogens with one attached hydrogen (secondary N) is 1. The second-order valence-corrected chi connectivity index (χ2v) is 10.4. The maximum absolute atomic E-state index is 13.0. The Morgan fingerprint density at radius 1 is 1.23 bits per heavy atom. The van der Waals surface area contributed by atoms with E-state index in [4.69, 9.17) is 5.10 Å². The molecule has 6 heteroatoms. The van der Waals surface area contributed by atoms with Gasteiger partial charge in [0.05, 0.1) is 10.6 Å². The van der Waals surface area contributed by atoms with Gasteiger partial charge >= 0.3 is 0 Å². The number of thiophene rings is 1. The highest BCUT2D eigenvalue weighted by atomic mass is 32.1. The van der Waals surface area contributed by atoms with Gasteiger partial charge < -0.3 is 5.32 Å². The van der Waals surface area contributed by atoms with Gasteiger partial charge in [-0.15, -0.1) is 11.3 Å². The summed E-state index contributed by atoms with van der Waals surface area (Å²) < 4.78 is 3.34. The zero-order valence-electron chi connectivity index (χ0n) is 19.5. The Morgan fingerprint density at radius 3 is 2.65 bits per heavy atom. The van der Waals surface area contributed by atoms with Gasteiger partial charge in [0.1, 0.15) is 0 Å². The molecule has 0 saturated carbocycles. The molecule has 1 saturated heterocycles. The van der Waals surface area contributed by atoms with Crippen molar-refractivity contribution in [2.45, 2.75) is 72.5 Å². The number of benzene rings is 1. The Kier molecular flexibility index (Phi) is 6.22. The monoisotopic (exact) mass is 438 g/mol. The highest BCUT2D eigenvalue weighted by Crippen LogP contribution is 2.40. The summed E-state index contributed by atoms with van der Waals surface area (Å²) in [7, 11) is 0. The van der Waals surface area contributed by atoms with E-state index in [-0.39, 0.29) is 11.9 Å². The average molecular weight is 439 g/mol. The van der Waals surface area contributed by atoms with Crippen LogP contribution in [0.5, 0.6) is 0 Å². The zero-order valence-corrected chi connectivity index (χ0v) is 20.3. The van der Waals surface area contributed by atoms with Crippen LogP contribution in [-0.4, -0.2) is 39.7 Å². The first-order valence-electron chi connectivity index (χ1n) is 11.4. The Hall–Kier alpha value is -2.18. The molecule has 3 heterocycles. The fourth-order valence-corrected chi connectivity index (χ4v) is 6.02. The number of aromatic nitrogens is 2. The van der Waals surface area contributed by atoms with E-state index in [0.717, 1.165) is 36.6 Å². The summed E-state index contributed by atoms with van der Waals surface area (Å²) in [6.45, 7) is 15.7. The summed E-state index contributed by atoms with van der Waals surface area (Å²) in [5.41, 5.74) is 5.00. The molecule has 0 aliphatic carbocycles. The molecule has 1 fully saturated rings. The van der Waals surface area contributed by atoms with Crippen molar-refractivity contribution in [3.05, 3.63) is 51.7 Å². The number of fused-ring (bicyclic) bond motifs is 1. The van der Waals surface area contributed by atoms with E-state index in [0.29, 0.717) is 12.0 Å². The first-order valence-corrected chi connectivity index (χ1v) is 12.2. The lowest BCUT2D eigenvalue weighted by Gasteiger charge is -2.18. The summed E-state index contributed by atoms with van der Waals surface area (Å²) in [5, 5.41) is 9.12. The van der Waals surface area contributed by atoms with E-state index in [2.05, 4.69) is 66.9 Å². The van der Waals surface area contributed by atoms with Gasteiger partial charge in [-0.25, -0.2) is 0 Å². The number of aryl methyl sites for hydroxylation is 1. The largest absolute Gasteiger partial charge is 0.349 e. The first kappa shape index (κ1) is 22.0. The molecule has 1 atom stereocenters. The molecule has 1 aromatic carbocycles. The molecule has 4 rings (SSSR count). The molecule has 1 aliphatic rings. The highest BCUT2D eigenvalue weighted by molar-refractivity contribution is 7.21. The number of likely N-dealkylation sites (tertiary alicyclic amines) is 1. The van der Waals surface area contributed by atoms with E-state index in [9.17, 15) is 4.79 Å². The van der Waals surface area contributed by atoms with Crippen LogP contribution in [0, 0.1) is 13.8 Å². The van der Waals surface area contributed by atoms with Crippen molar-refractivity contribution < 1.29 is 4.79 Å². The van der Waals surface area contributed by atoms with Crippen molar-refractivity contribution in [3.63, 3.8) is 0 Å². The molecule has 2 aromatic heterocycles. The average Bonchev–Trinajstić information content (AvgIpc) is 3.39. The zero-order chi connectivity index (χ0) is 22.3. The summed E-state index contributed by atoms with van der Waals surface area (Å²) in [6, 6.07) is 8.97. The second kappa shape index (κ2) is 8.75. The molecule has 1 amide bonds. The summed E-state index contributed by atoms with van der Waals surface area (Å²) in [4.78, 5) is 16.4. The lowest BCUT2D eigenvalue weighted by molar-refractivity contribution is 0.0946. The number of amides is 1. The van der Waals surface area contributed by atoms with Crippen molar-refractivity contribution in [3.8, 4) is 0 Å². The molecule has 0 radical (unpaired) electrons. The number of carbonyl (C=O) groups excluding carboxylic acids is 1. The fraction of sp³-hybridized carbons (Fsp3) is 0.520. The van der Waals surface area contributed by atoms with Crippen molar-refractivity contribution in [2.75, 3.05) is 13.1 Å². The molecule has 0 bridgehead atoms. The number of rotatable bonds is 6. The molecule has 0 unspecified atom stereocenters.